The molecule has 2 N–H and O–H groups in total. The van der Waals surface area contributed by atoms with Gasteiger partial charge >= 0.3 is 0 Å². The normalized spacial score (nSPS) is 20.6. The number of ether oxygens (including phenoxy) is 1. The van der Waals surface area contributed by atoms with Crippen molar-refractivity contribution in [2.75, 3.05) is 46.4 Å². The Morgan fingerprint density at radius 1 is 1.29 bits per heavy atom. The number of hydrogen-bond acceptors (Lipinski definition) is 3. The highest BCUT2D eigenvalue weighted by Gasteiger charge is 2.20. The zero-order valence-corrected chi connectivity index (χ0v) is 18.6. The molecule has 2 unspecified atom stereocenters. The molecular formula is C18H39IN4O. The van der Waals surface area contributed by atoms with Gasteiger partial charge in [0.05, 0.1) is 0 Å². The van der Waals surface area contributed by atoms with E-state index in [0.717, 1.165) is 44.6 Å². The predicted molar refractivity (Wildman–Crippen MR) is 114 cm³/mol. The molecule has 1 rings (SSSR count). The first kappa shape index (κ1) is 23.9. The van der Waals surface area contributed by atoms with E-state index < -0.39 is 0 Å². The first-order chi connectivity index (χ1) is 11.0. The van der Waals surface area contributed by atoms with Crippen LogP contribution < -0.4 is 10.6 Å². The van der Waals surface area contributed by atoms with Gasteiger partial charge in [-0.3, -0.25) is 9.89 Å². The summed E-state index contributed by atoms with van der Waals surface area (Å²) in [6.07, 6.45) is 3.71. The Morgan fingerprint density at radius 2 is 2.04 bits per heavy atom. The fourth-order valence-electron chi connectivity index (χ4n) is 2.92. The van der Waals surface area contributed by atoms with Crippen LogP contribution in [0.2, 0.25) is 0 Å². The third-order valence-corrected chi connectivity index (χ3v) is 4.31. The minimum atomic E-state index is 0. The van der Waals surface area contributed by atoms with Crippen molar-refractivity contribution in [2.24, 2.45) is 16.8 Å². The van der Waals surface area contributed by atoms with E-state index in [1.807, 2.05) is 7.05 Å². The quantitative estimate of drug-likeness (QED) is 0.244. The fourth-order valence-corrected chi connectivity index (χ4v) is 2.92. The minimum absolute atomic E-state index is 0. The fraction of sp³-hybridized carbons (Fsp3) is 0.944. The van der Waals surface area contributed by atoms with Gasteiger partial charge in [-0.1, -0.05) is 20.8 Å². The van der Waals surface area contributed by atoms with Crippen LogP contribution in [0, 0.1) is 11.8 Å². The van der Waals surface area contributed by atoms with Gasteiger partial charge in [-0.25, -0.2) is 0 Å². The molecule has 5 nitrogen and oxygen atoms in total. The van der Waals surface area contributed by atoms with Crippen molar-refractivity contribution in [1.82, 2.24) is 15.5 Å². The average Bonchev–Trinajstić information content (AvgIpc) is 2.52. The zero-order valence-electron chi connectivity index (χ0n) is 16.3. The maximum atomic E-state index is 5.59. The standard InChI is InChI=1S/C18H38N4O.HI/c1-15(2)14-23-11-7-9-20-18(19-5)21-12-17(4)22-10-6-8-16(3)13-22;/h15-17H,6-14H2,1-5H3,(H2,19,20,21);1H. The lowest BCUT2D eigenvalue weighted by molar-refractivity contribution is 0.108. The SMILES string of the molecule is CN=C(NCCCOCC(C)C)NCC(C)N1CCCC(C)C1.I. The number of hydrogen-bond donors (Lipinski definition) is 2. The molecule has 0 aliphatic carbocycles. The summed E-state index contributed by atoms with van der Waals surface area (Å²) in [6.45, 7) is 15.0. The van der Waals surface area contributed by atoms with Crippen molar-refractivity contribution < 1.29 is 4.74 Å². The molecular weight excluding hydrogens is 415 g/mol. The van der Waals surface area contributed by atoms with Crippen LogP contribution in [0.1, 0.15) is 47.0 Å². The molecule has 0 aromatic rings. The molecule has 6 heteroatoms. The van der Waals surface area contributed by atoms with Crippen LogP contribution in [-0.4, -0.2) is 63.3 Å². The van der Waals surface area contributed by atoms with E-state index in [9.17, 15) is 0 Å². The maximum absolute atomic E-state index is 5.59. The monoisotopic (exact) mass is 454 g/mol. The highest BCUT2D eigenvalue weighted by Crippen LogP contribution is 2.17. The van der Waals surface area contributed by atoms with Crippen LogP contribution in [-0.2, 0) is 4.74 Å². The summed E-state index contributed by atoms with van der Waals surface area (Å²) in [4.78, 5) is 6.89. The van der Waals surface area contributed by atoms with Gasteiger partial charge in [-0.15, -0.1) is 24.0 Å². The first-order valence-electron chi connectivity index (χ1n) is 9.29. The van der Waals surface area contributed by atoms with Crippen molar-refractivity contribution in [3.8, 4) is 0 Å². The Kier molecular flexibility index (Phi) is 14.1. The number of halogens is 1. The third kappa shape index (κ3) is 10.7. The molecule has 144 valence electrons. The van der Waals surface area contributed by atoms with Gasteiger partial charge in [0, 0.05) is 45.9 Å². The van der Waals surface area contributed by atoms with Crippen LogP contribution in [0.4, 0.5) is 0 Å². The van der Waals surface area contributed by atoms with Gasteiger partial charge in [0.2, 0.25) is 0 Å². The summed E-state index contributed by atoms with van der Waals surface area (Å²) in [6, 6.07) is 0.547. The molecule has 1 aliphatic rings. The van der Waals surface area contributed by atoms with Gasteiger partial charge in [-0.2, -0.15) is 0 Å². The number of guanidine groups is 1. The number of nitrogens with one attached hydrogen (secondary N) is 2. The summed E-state index contributed by atoms with van der Waals surface area (Å²) in [5, 5.41) is 6.81. The Bertz CT molecular complexity index is 339. The van der Waals surface area contributed by atoms with Crippen LogP contribution in [0.3, 0.4) is 0 Å². The van der Waals surface area contributed by atoms with E-state index in [4.69, 9.17) is 4.74 Å². The molecule has 2 atom stereocenters. The summed E-state index contributed by atoms with van der Waals surface area (Å²) >= 11 is 0. The number of likely N-dealkylation sites (tertiary alicyclic amines) is 1. The topological polar surface area (TPSA) is 48.9 Å². The van der Waals surface area contributed by atoms with Crippen molar-refractivity contribution in [1.29, 1.82) is 0 Å². The van der Waals surface area contributed by atoms with E-state index in [1.54, 1.807) is 0 Å². The lowest BCUT2D eigenvalue weighted by Crippen LogP contribution is -2.48. The van der Waals surface area contributed by atoms with Gasteiger partial charge in [0.15, 0.2) is 5.96 Å². The number of aliphatic imine (C=N–C) groups is 1. The van der Waals surface area contributed by atoms with Gasteiger partial charge in [0.25, 0.3) is 0 Å². The van der Waals surface area contributed by atoms with Gasteiger partial charge < -0.3 is 15.4 Å². The molecule has 0 aromatic carbocycles. The molecule has 0 bridgehead atoms. The van der Waals surface area contributed by atoms with E-state index in [1.165, 1.54) is 25.9 Å². The molecule has 1 aliphatic heterocycles. The molecule has 24 heavy (non-hydrogen) atoms. The van der Waals surface area contributed by atoms with Crippen LogP contribution >= 0.6 is 24.0 Å². The average molecular weight is 454 g/mol. The van der Waals surface area contributed by atoms with E-state index in [-0.39, 0.29) is 24.0 Å². The number of rotatable bonds is 9. The van der Waals surface area contributed by atoms with E-state index >= 15 is 0 Å². The molecule has 0 spiro atoms. The second kappa shape index (κ2) is 14.1. The highest BCUT2D eigenvalue weighted by molar-refractivity contribution is 14.0. The first-order valence-corrected chi connectivity index (χ1v) is 9.29. The van der Waals surface area contributed by atoms with Gasteiger partial charge in [0.1, 0.15) is 0 Å². The largest absolute Gasteiger partial charge is 0.381 e. The van der Waals surface area contributed by atoms with E-state index in [0.29, 0.717) is 12.0 Å². The van der Waals surface area contributed by atoms with Crippen molar-refractivity contribution in [3.05, 3.63) is 0 Å². The third-order valence-electron chi connectivity index (χ3n) is 4.31. The molecule has 1 saturated heterocycles. The Hall–Kier alpha value is -0.0800. The molecule has 0 amide bonds. The second-order valence-electron chi connectivity index (χ2n) is 7.29. The van der Waals surface area contributed by atoms with Crippen molar-refractivity contribution in [2.45, 2.75) is 53.0 Å². The molecule has 0 saturated carbocycles. The summed E-state index contributed by atoms with van der Waals surface area (Å²) in [5.74, 6) is 2.33. The lowest BCUT2D eigenvalue weighted by atomic mass is 9.99. The smallest absolute Gasteiger partial charge is 0.191 e. The molecule has 1 fully saturated rings. The van der Waals surface area contributed by atoms with Crippen molar-refractivity contribution >= 4 is 29.9 Å². The summed E-state index contributed by atoms with van der Waals surface area (Å²) in [7, 11) is 1.83. The number of nitrogens with zero attached hydrogens (tertiary/aromatic N) is 2. The molecule has 1 heterocycles. The maximum Gasteiger partial charge on any atom is 0.191 e. The molecule has 0 radical (unpaired) electrons. The minimum Gasteiger partial charge on any atom is -0.381 e. The Balaban J connectivity index is 0.00000529. The summed E-state index contributed by atoms with van der Waals surface area (Å²) in [5.41, 5.74) is 0. The van der Waals surface area contributed by atoms with Crippen LogP contribution in [0.15, 0.2) is 4.99 Å². The van der Waals surface area contributed by atoms with Gasteiger partial charge in [-0.05, 0) is 44.6 Å². The zero-order chi connectivity index (χ0) is 17.1. The Morgan fingerprint density at radius 3 is 2.67 bits per heavy atom. The highest BCUT2D eigenvalue weighted by atomic mass is 127. The second-order valence-corrected chi connectivity index (χ2v) is 7.29. The molecule has 0 aromatic heterocycles. The van der Waals surface area contributed by atoms with Crippen LogP contribution in [0.5, 0.6) is 0 Å². The van der Waals surface area contributed by atoms with Crippen LogP contribution in [0.25, 0.3) is 0 Å². The number of piperidine rings is 1. The van der Waals surface area contributed by atoms with Crippen molar-refractivity contribution in [3.63, 3.8) is 0 Å². The lowest BCUT2D eigenvalue weighted by Gasteiger charge is -2.35. The predicted octanol–water partition coefficient (Wildman–Crippen LogP) is 2.95. The summed E-state index contributed by atoms with van der Waals surface area (Å²) < 4.78 is 5.59. The van der Waals surface area contributed by atoms with E-state index in [2.05, 4.69) is 48.2 Å². The Labute approximate surface area is 166 Å².